The molecule has 170 valence electrons. The largest absolute Gasteiger partial charge is 0.342 e. The van der Waals surface area contributed by atoms with E-state index in [1.807, 2.05) is 53.4 Å². The molecular formula is C24H46N2O3. The molecule has 2 saturated heterocycles. The number of rotatable bonds is 3. The molecule has 5 heteroatoms. The van der Waals surface area contributed by atoms with E-state index >= 15 is 0 Å². The lowest BCUT2D eigenvalue weighted by atomic mass is 9.81. The van der Waals surface area contributed by atoms with Crippen LogP contribution in [0.5, 0.6) is 0 Å². The lowest BCUT2D eigenvalue weighted by Gasteiger charge is -2.32. The average Bonchev–Trinajstić information content (AvgIpc) is 3.31. The van der Waals surface area contributed by atoms with Gasteiger partial charge in [-0.1, -0.05) is 55.4 Å². The van der Waals surface area contributed by atoms with Crippen molar-refractivity contribution in [2.24, 2.45) is 23.7 Å². The number of hydrogen-bond donors (Lipinski definition) is 0. The molecule has 3 amide bonds. The van der Waals surface area contributed by atoms with Crippen LogP contribution in [0.4, 0.5) is 0 Å². The molecule has 3 fully saturated rings. The Morgan fingerprint density at radius 1 is 0.897 bits per heavy atom. The summed E-state index contributed by atoms with van der Waals surface area (Å²) in [6.45, 7) is 18.4. The van der Waals surface area contributed by atoms with Crippen molar-refractivity contribution < 1.29 is 14.4 Å². The highest BCUT2D eigenvalue weighted by atomic mass is 16.2. The van der Waals surface area contributed by atoms with Crippen LogP contribution in [-0.2, 0) is 14.4 Å². The fourth-order valence-electron chi connectivity index (χ4n) is 4.28. The van der Waals surface area contributed by atoms with Crippen molar-refractivity contribution in [3.05, 3.63) is 0 Å². The minimum atomic E-state index is -0.155. The maximum absolute atomic E-state index is 12.6. The second-order valence-electron chi connectivity index (χ2n) is 7.84. The molecular weight excluding hydrogens is 364 g/mol. The number of likely N-dealkylation sites (tertiary alicyclic amines) is 2. The third-order valence-corrected chi connectivity index (χ3v) is 5.84. The molecule has 0 spiro atoms. The Morgan fingerprint density at radius 2 is 1.45 bits per heavy atom. The van der Waals surface area contributed by atoms with E-state index in [-0.39, 0.29) is 23.7 Å². The second-order valence-corrected chi connectivity index (χ2v) is 7.84. The SMILES string of the molecule is CC.CC.CC.CC1CCN(C(=O)C2CCC(CN3C(=O)CC(C)C3=O)CC2)C1. The minimum Gasteiger partial charge on any atom is -0.342 e. The highest BCUT2D eigenvalue weighted by Crippen LogP contribution is 2.33. The number of nitrogens with zero attached hydrogens (tertiary/aromatic N) is 2. The van der Waals surface area contributed by atoms with Gasteiger partial charge < -0.3 is 4.90 Å². The lowest BCUT2D eigenvalue weighted by molar-refractivity contribution is -0.141. The third kappa shape index (κ3) is 7.75. The minimum absolute atomic E-state index is 0.0146. The van der Waals surface area contributed by atoms with Gasteiger partial charge in [-0.25, -0.2) is 0 Å². The molecule has 0 radical (unpaired) electrons. The van der Waals surface area contributed by atoms with E-state index in [1.54, 1.807) is 0 Å². The van der Waals surface area contributed by atoms with Crippen molar-refractivity contribution in [1.82, 2.24) is 9.80 Å². The molecule has 2 unspecified atom stereocenters. The van der Waals surface area contributed by atoms with Gasteiger partial charge in [0.2, 0.25) is 17.7 Å². The van der Waals surface area contributed by atoms with E-state index in [0.29, 0.717) is 30.7 Å². The number of carbonyl (C=O) groups excluding carboxylic acids is 3. The first kappa shape index (κ1) is 27.6. The van der Waals surface area contributed by atoms with Crippen LogP contribution >= 0.6 is 0 Å². The van der Waals surface area contributed by atoms with Gasteiger partial charge in [-0.05, 0) is 43.9 Å². The van der Waals surface area contributed by atoms with Crippen LogP contribution in [0, 0.1) is 23.7 Å². The first-order chi connectivity index (χ1) is 14.0. The van der Waals surface area contributed by atoms with Gasteiger partial charge in [-0.3, -0.25) is 19.3 Å². The quantitative estimate of drug-likeness (QED) is 0.606. The molecule has 3 rings (SSSR count). The summed E-state index contributed by atoms with van der Waals surface area (Å²) in [7, 11) is 0. The van der Waals surface area contributed by atoms with Gasteiger partial charge in [0, 0.05) is 37.9 Å². The molecule has 0 N–H and O–H groups in total. The summed E-state index contributed by atoms with van der Waals surface area (Å²) in [6, 6.07) is 0. The molecule has 2 heterocycles. The predicted molar refractivity (Wildman–Crippen MR) is 120 cm³/mol. The first-order valence-corrected chi connectivity index (χ1v) is 12.1. The van der Waals surface area contributed by atoms with Crippen LogP contribution in [0.25, 0.3) is 0 Å². The second kappa shape index (κ2) is 14.6. The Morgan fingerprint density at radius 3 is 1.86 bits per heavy atom. The molecule has 29 heavy (non-hydrogen) atoms. The predicted octanol–water partition coefficient (Wildman–Crippen LogP) is 5.13. The van der Waals surface area contributed by atoms with Crippen LogP contribution in [0.1, 0.15) is 93.9 Å². The Kier molecular flexibility index (Phi) is 13.9. The molecule has 5 nitrogen and oxygen atoms in total. The average molecular weight is 411 g/mol. The van der Waals surface area contributed by atoms with Gasteiger partial charge in [-0.15, -0.1) is 0 Å². The van der Waals surface area contributed by atoms with Gasteiger partial charge in [-0.2, -0.15) is 0 Å². The molecule has 1 aliphatic carbocycles. The molecule has 2 aliphatic heterocycles. The first-order valence-electron chi connectivity index (χ1n) is 12.1. The fraction of sp³-hybridized carbons (Fsp3) is 0.875. The summed E-state index contributed by atoms with van der Waals surface area (Å²) in [6.07, 6.45) is 5.19. The molecule has 3 aliphatic rings. The van der Waals surface area contributed by atoms with Gasteiger partial charge >= 0.3 is 0 Å². The van der Waals surface area contributed by atoms with Gasteiger partial charge in [0.1, 0.15) is 0 Å². The van der Waals surface area contributed by atoms with Crippen LogP contribution in [0.3, 0.4) is 0 Å². The van der Waals surface area contributed by atoms with Gasteiger partial charge in [0.05, 0.1) is 0 Å². The normalized spacial score (nSPS) is 28.6. The zero-order valence-corrected chi connectivity index (χ0v) is 20.3. The maximum atomic E-state index is 12.6. The molecule has 0 bridgehead atoms. The van der Waals surface area contributed by atoms with Gasteiger partial charge in [0.15, 0.2) is 0 Å². The Hall–Kier alpha value is -1.39. The summed E-state index contributed by atoms with van der Waals surface area (Å²) < 4.78 is 0. The Balaban J connectivity index is 0.00000120. The van der Waals surface area contributed by atoms with Crippen molar-refractivity contribution >= 4 is 17.7 Å². The summed E-state index contributed by atoms with van der Waals surface area (Å²) in [5, 5.41) is 0. The summed E-state index contributed by atoms with van der Waals surface area (Å²) in [5.41, 5.74) is 0. The zero-order chi connectivity index (χ0) is 22.6. The van der Waals surface area contributed by atoms with Crippen molar-refractivity contribution in [2.45, 2.75) is 93.9 Å². The van der Waals surface area contributed by atoms with E-state index in [0.717, 1.165) is 45.2 Å². The monoisotopic (exact) mass is 410 g/mol. The maximum Gasteiger partial charge on any atom is 0.232 e. The molecule has 2 atom stereocenters. The zero-order valence-electron chi connectivity index (χ0n) is 20.3. The standard InChI is InChI=1S/C18H28N2O3.3C2H6/c1-12-7-8-19(10-12)18(23)15-5-3-14(4-6-15)11-20-16(21)9-13(2)17(20)22;3*1-2/h12-15H,3-11H2,1-2H3;3*1-2H3. The van der Waals surface area contributed by atoms with Gasteiger partial charge in [0.25, 0.3) is 0 Å². The van der Waals surface area contributed by atoms with E-state index in [9.17, 15) is 14.4 Å². The number of amides is 3. The number of carbonyl (C=O) groups is 3. The lowest BCUT2D eigenvalue weighted by Crippen LogP contribution is -2.39. The van der Waals surface area contributed by atoms with E-state index < -0.39 is 0 Å². The van der Waals surface area contributed by atoms with E-state index in [1.165, 1.54) is 4.90 Å². The smallest absolute Gasteiger partial charge is 0.232 e. The Labute approximate surface area is 179 Å². The summed E-state index contributed by atoms with van der Waals surface area (Å²) >= 11 is 0. The van der Waals surface area contributed by atoms with E-state index in [4.69, 9.17) is 0 Å². The Bertz CT molecular complexity index is 498. The third-order valence-electron chi connectivity index (χ3n) is 5.84. The van der Waals surface area contributed by atoms with Crippen molar-refractivity contribution in [2.75, 3.05) is 19.6 Å². The molecule has 0 aromatic carbocycles. The van der Waals surface area contributed by atoms with Crippen molar-refractivity contribution in [3.8, 4) is 0 Å². The van der Waals surface area contributed by atoms with E-state index in [2.05, 4.69) is 6.92 Å². The van der Waals surface area contributed by atoms with Crippen molar-refractivity contribution in [3.63, 3.8) is 0 Å². The highest BCUT2D eigenvalue weighted by molar-refractivity contribution is 6.03. The topological polar surface area (TPSA) is 57.7 Å². The van der Waals surface area contributed by atoms with Crippen LogP contribution in [0.15, 0.2) is 0 Å². The van der Waals surface area contributed by atoms with Crippen LogP contribution in [-0.4, -0.2) is 47.2 Å². The summed E-state index contributed by atoms with van der Waals surface area (Å²) in [5.74, 6) is 1.29. The molecule has 1 saturated carbocycles. The fourth-order valence-corrected chi connectivity index (χ4v) is 4.28. The summed E-state index contributed by atoms with van der Waals surface area (Å²) in [4.78, 5) is 39.9. The molecule has 0 aromatic heterocycles. The van der Waals surface area contributed by atoms with Crippen LogP contribution in [0.2, 0.25) is 0 Å². The molecule has 0 aromatic rings. The number of hydrogen-bond acceptors (Lipinski definition) is 3. The highest BCUT2D eigenvalue weighted by Gasteiger charge is 2.38. The number of imide groups is 1. The van der Waals surface area contributed by atoms with Crippen molar-refractivity contribution in [1.29, 1.82) is 0 Å². The van der Waals surface area contributed by atoms with Crippen LogP contribution < -0.4 is 0 Å².